The van der Waals surface area contributed by atoms with Gasteiger partial charge in [-0.05, 0) is 38.7 Å². The molecule has 1 unspecified atom stereocenters. The van der Waals surface area contributed by atoms with Gasteiger partial charge in [0.15, 0.2) is 5.82 Å². The molecule has 2 aliphatic rings. The number of carbonyl (C=O) groups excluding carboxylic acids is 2. The fraction of sp³-hybridized carbons (Fsp3) is 0.450. The lowest BCUT2D eigenvalue weighted by atomic mass is 9.97. The third-order valence-electron chi connectivity index (χ3n) is 5.22. The number of carbonyl (C=O) groups is 2. The Kier molecular flexibility index (Phi) is 5.64. The molecule has 10 heteroatoms. The van der Waals surface area contributed by atoms with E-state index < -0.39 is 11.9 Å². The second-order valence-electron chi connectivity index (χ2n) is 7.45. The highest BCUT2D eigenvalue weighted by Gasteiger charge is 2.33. The minimum absolute atomic E-state index is 0.280. The van der Waals surface area contributed by atoms with Gasteiger partial charge in [0.25, 0.3) is 11.8 Å². The summed E-state index contributed by atoms with van der Waals surface area (Å²) in [7, 11) is 0. The predicted molar refractivity (Wildman–Crippen MR) is 109 cm³/mol. The molecule has 1 fully saturated rings. The molecule has 2 amide bonds. The number of hydrogen-bond acceptors (Lipinski definition) is 7. The SMILES string of the molecule is Cc1cc(C)n(-c2cc(OCC3CCN(C(=O)C4N=CC=NC4=O)CC3)ncn2)n1. The summed E-state index contributed by atoms with van der Waals surface area (Å²) < 4.78 is 7.65. The number of aromatic nitrogens is 4. The van der Waals surface area contributed by atoms with Crippen LogP contribution in [0.2, 0.25) is 0 Å². The fourth-order valence-electron chi connectivity index (χ4n) is 3.62. The maximum Gasteiger partial charge on any atom is 0.280 e. The van der Waals surface area contributed by atoms with Gasteiger partial charge in [0.05, 0.1) is 12.3 Å². The number of aliphatic imine (C=N–C) groups is 2. The van der Waals surface area contributed by atoms with Crippen LogP contribution >= 0.6 is 0 Å². The van der Waals surface area contributed by atoms with Gasteiger partial charge in [-0.2, -0.15) is 5.10 Å². The number of nitrogens with zero attached hydrogens (tertiary/aromatic N) is 7. The lowest BCUT2D eigenvalue weighted by Crippen LogP contribution is -2.46. The smallest absolute Gasteiger partial charge is 0.280 e. The summed E-state index contributed by atoms with van der Waals surface area (Å²) >= 11 is 0. The van der Waals surface area contributed by atoms with Crippen LogP contribution in [-0.2, 0) is 9.59 Å². The van der Waals surface area contributed by atoms with Gasteiger partial charge >= 0.3 is 0 Å². The molecule has 0 N–H and O–H groups in total. The molecule has 10 nitrogen and oxygen atoms in total. The topological polar surface area (TPSA) is 115 Å². The van der Waals surface area contributed by atoms with E-state index >= 15 is 0 Å². The lowest BCUT2D eigenvalue weighted by molar-refractivity contribution is -0.138. The zero-order chi connectivity index (χ0) is 21.1. The Morgan fingerprint density at radius 3 is 2.67 bits per heavy atom. The largest absolute Gasteiger partial charge is 0.477 e. The van der Waals surface area contributed by atoms with E-state index in [9.17, 15) is 9.59 Å². The molecule has 2 aliphatic heterocycles. The summed E-state index contributed by atoms with van der Waals surface area (Å²) in [5.41, 5.74) is 1.91. The van der Waals surface area contributed by atoms with E-state index in [1.165, 1.54) is 18.8 Å². The first-order chi connectivity index (χ1) is 14.5. The average molecular weight is 409 g/mol. The van der Waals surface area contributed by atoms with Crippen molar-refractivity contribution in [3.63, 3.8) is 0 Å². The Labute approximate surface area is 173 Å². The van der Waals surface area contributed by atoms with E-state index in [0.29, 0.717) is 37.3 Å². The number of rotatable bonds is 5. The zero-order valence-electron chi connectivity index (χ0n) is 16.9. The van der Waals surface area contributed by atoms with Gasteiger partial charge in [-0.1, -0.05) is 0 Å². The molecular formula is C20H23N7O3. The van der Waals surface area contributed by atoms with Crippen molar-refractivity contribution in [2.75, 3.05) is 19.7 Å². The van der Waals surface area contributed by atoms with Crippen LogP contribution in [0.15, 0.2) is 28.4 Å². The fourth-order valence-corrected chi connectivity index (χ4v) is 3.62. The number of hydrogen-bond donors (Lipinski definition) is 0. The molecule has 0 saturated carbocycles. The molecule has 2 aromatic heterocycles. The number of likely N-dealkylation sites (tertiary alicyclic amines) is 1. The number of piperidine rings is 1. The van der Waals surface area contributed by atoms with Gasteiger partial charge in [0, 0.05) is 37.3 Å². The first-order valence-electron chi connectivity index (χ1n) is 9.88. The molecule has 30 heavy (non-hydrogen) atoms. The van der Waals surface area contributed by atoms with Crippen LogP contribution in [0.1, 0.15) is 24.2 Å². The molecule has 0 aliphatic carbocycles. The monoisotopic (exact) mass is 409 g/mol. The van der Waals surface area contributed by atoms with Gasteiger partial charge in [-0.3, -0.25) is 14.6 Å². The molecule has 4 heterocycles. The van der Waals surface area contributed by atoms with Gasteiger partial charge in [-0.25, -0.2) is 19.6 Å². The van der Waals surface area contributed by atoms with Crippen molar-refractivity contribution in [3.8, 4) is 11.7 Å². The molecule has 4 rings (SSSR count). The van der Waals surface area contributed by atoms with Crippen molar-refractivity contribution in [3.05, 3.63) is 29.8 Å². The quantitative estimate of drug-likeness (QED) is 0.679. The van der Waals surface area contributed by atoms with E-state index in [2.05, 4.69) is 25.1 Å². The maximum absolute atomic E-state index is 12.5. The van der Waals surface area contributed by atoms with Gasteiger partial charge in [0.1, 0.15) is 6.33 Å². The first kappa shape index (κ1) is 19.9. The Morgan fingerprint density at radius 1 is 1.17 bits per heavy atom. The molecule has 0 aromatic carbocycles. The molecule has 1 atom stereocenters. The number of ether oxygens (including phenoxy) is 1. The maximum atomic E-state index is 12.5. The van der Waals surface area contributed by atoms with Gasteiger partial charge in [0.2, 0.25) is 11.9 Å². The third-order valence-corrected chi connectivity index (χ3v) is 5.22. The van der Waals surface area contributed by atoms with Crippen LogP contribution in [0.3, 0.4) is 0 Å². The van der Waals surface area contributed by atoms with E-state index in [-0.39, 0.29) is 5.91 Å². The average Bonchev–Trinajstić information content (AvgIpc) is 3.11. The van der Waals surface area contributed by atoms with Crippen molar-refractivity contribution in [2.45, 2.75) is 32.7 Å². The van der Waals surface area contributed by atoms with Crippen molar-refractivity contribution in [1.29, 1.82) is 0 Å². The highest BCUT2D eigenvalue weighted by Crippen LogP contribution is 2.21. The van der Waals surface area contributed by atoms with E-state index in [4.69, 9.17) is 4.74 Å². The van der Waals surface area contributed by atoms with Crippen LogP contribution in [0.4, 0.5) is 0 Å². The Morgan fingerprint density at radius 2 is 1.97 bits per heavy atom. The van der Waals surface area contributed by atoms with E-state index in [1.807, 2.05) is 19.9 Å². The van der Waals surface area contributed by atoms with Crippen LogP contribution in [-0.4, -0.2) is 74.6 Å². The number of aryl methyl sites for hydroxylation is 2. The predicted octanol–water partition coefficient (Wildman–Crippen LogP) is 0.947. The summed E-state index contributed by atoms with van der Waals surface area (Å²) in [4.78, 5) is 42.0. The van der Waals surface area contributed by atoms with Crippen molar-refractivity contribution < 1.29 is 14.3 Å². The van der Waals surface area contributed by atoms with E-state index in [1.54, 1.807) is 15.6 Å². The van der Waals surface area contributed by atoms with Crippen LogP contribution < -0.4 is 4.74 Å². The van der Waals surface area contributed by atoms with Crippen molar-refractivity contribution in [1.82, 2.24) is 24.6 Å². The normalized spacial score (nSPS) is 19.3. The molecule has 2 aromatic rings. The molecule has 0 bridgehead atoms. The second-order valence-corrected chi connectivity index (χ2v) is 7.45. The minimum Gasteiger partial charge on any atom is -0.477 e. The minimum atomic E-state index is -1.03. The van der Waals surface area contributed by atoms with Crippen molar-refractivity contribution in [2.24, 2.45) is 15.9 Å². The molecular weight excluding hydrogens is 386 g/mol. The third kappa shape index (κ3) is 4.27. The van der Waals surface area contributed by atoms with E-state index in [0.717, 1.165) is 24.2 Å². The number of amides is 2. The lowest BCUT2D eigenvalue weighted by Gasteiger charge is -2.32. The summed E-state index contributed by atoms with van der Waals surface area (Å²) in [6.45, 7) is 5.53. The molecule has 0 radical (unpaired) electrons. The van der Waals surface area contributed by atoms with Gasteiger partial charge in [-0.15, -0.1) is 0 Å². The van der Waals surface area contributed by atoms with Gasteiger partial charge < -0.3 is 9.64 Å². The molecule has 156 valence electrons. The first-order valence-corrected chi connectivity index (χ1v) is 9.88. The highest BCUT2D eigenvalue weighted by molar-refractivity contribution is 6.24. The summed E-state index contributed by atoms with van der Waals surface area (Å²) in [6, 6.07) is 2.72. The Balaban J connectivity index is 1.30. The molecule has 1 saturated heterocycles. The summed E-state index contributed by atoms with van der Waals surface area (Å²) in [5, 5.41) is 4.43. The molecule has 0 spiro atoms. The Bertz CT molecular complexity index is 1010. The zero-order valence-corrected chi connectivity index (χ0v) is 16.9. The van der Waals surface area contributed by atoms with Crippen LogP contribution in [0, 0.1) is 19.8 Å². The summed E-state index contributed by atoms with van der Waals surface area (Å²) in [6.07, 6.45) is 5.74. The van der Waals surface area contributed by atoms with Crippen molar-refractivity contribution >= 4 is 24.2 Å². The Hall–Kier alpha value is -3.43. The second kappa shape index (κ2) is 8.52. The van der Waals surface area contributed by atoms with Crippen LogP contribution in [0.25, 0.3) is 5.82 Å². The highest BCUT2D eigenvalue weighted by atomic mass is 16.5. The summed E-state index contributed by atoms with van der Waals surface area (Å²) in [5.74, 6) is 0.662. The van der Waals surface area contributed by atoms with Crippen LogP contribution in [0.5, 0.6) is 5.88 Å². The standard InChI is InChI=1S/C20H23N7O3/c1-13-9-14(2)27(25-13)16-10-17(24-12-23-16)30-11-15-3-7-26(8-4-15)20(29)18-19(28)22-6-5-21-18/h5-6,9-10,12,15,18H,3-4,7-8,11H2,1-2H3.